The molecule has 120 valence electrons. The van der Waals surface area contributed by atoms with Gasteiger partial charge < -0.3 is 4.74 Å². The fourth-order valence-corrected chi connectivity index (χ4v) is 2.33. The largest absolute Gasteiger partial charge is 0.489 e. The molecule has 0 atom stereocenters. The molecular weight excluding hydrogens is 366 g/mol. The van der Waals surface area contributed by atoms with Gasteiger partial charge in [0.1, 0.15) is 12.4 Å². The van der Waals surface area contributed by atoms with Gasteiger partial charge in [0.15, 0.2) is 5.82 Å². The summed E-state index contributed by atoms with van der Waals surface area (Å²) in [6.45, 7) is 1.04. The Morgan fingerprint density at radius 3 is 2.54 bits per heavy atom. The maximum Gasteiger partial charge on any atom is 0.173 e. The predicted molar refractivity (Wildman–Crippen MR) is 97.4 cm³/mol. The van der Waals surface area contributed by atoms with E-state index in [1.165, 1.54) is 0 Å². The first kappa shape index (κ1) is 16.3. The average Bonchev–Trinajstić information content (AvgIpc) is 2.63. The lowest BCUT2D eigenvalue weighted by molar-refractivity contribution is 0.306. The monoisotopic (exact) mass is 381 g/mol. The Morgan fingerprint density at radius 2 is 1.75 bits per heavy atom. The summed E-state index contributed by atoms with van der Waals surface area (Å²) >= 11 is 3.34. The summed E-state index contributed by atoms with van der Waals surface area (Å²) < 4.78 is 6.74. The van der Waals surface area contributed by atoms with Crippen molar-refractivity contribution in [1.29, 1.82) is 0 Å². The molecule has 0 saturated carbocycles. The van der Waals surface area contributed by atoms with Crippen LogP contribution >= 0.6 is 15.9 Å². The van der Waals surface area contributed by atoms with E-state index in [4.69, 9.17) is 4.74 Å². The van der Waals surface area contributed by atoms with Crippen LogP contribution < -0.4 is 4.74 Å². The lowest BCUT2D eigenvalue weighted by atomic mass is 10.2. The highest BCUT2D eigenvalue weighted by atomic mass is 79.9. The molecule has 1 heterocycles. The number of nitrogens with zero attached hydrogens (tertiary/aromatic N) is 3. The maximum atomic E-state index is 5.82. The quantitative estimate of drug-likeness (QED) is 0.513. The number of halogens is 1. The molecule has 24 heavy (non-hydrogen) atoms. The summed E-state index contributed by atoms with van der Waals surface area (Å²) in [7, 11) is 0. The Morgan fingerprint density at radius 1 is 0.917 bits per heavy atom. The van der Waals surface area contributed by atoms with Gasteiger partial charge in [-0.1, -0.05) is 42.5 Å². The molecule has 0 radical (unpaired) electrons. The highest BCUT2D eigenvalue weighted by molar-refractivity contribution is 9.10. The zero-order chi connectivity index (χ0) is 16.6. The number of benzene rings is 2. The van der Waals surface area contributed by atoms with Gasteiger partial charge in [0, 0.05) is 10.7 Å². The van der Waals surface area contributed by atoms with Gasteiger partial charge in [0.2, 0.25) is 0 Å². The number of hydrogen-bond donors (Lipinski definition) is 0. The van der Waals surface area contributed by atoms with Crippen molar-refractivity contribution in [2.75, 3.05) is 0 Å². The van der Waals surface area contributed by atoms with Crippen LogP contribution in [0.2, 0.25) is 0 Å². The molecule has 0 amide bonds. The maximum absolute atomic E-state index is 5.82. The third-order valence-corrected chi connectivity index (χ3v) is 3.75. The van der Waals surface area contributed by atoms with E-state index in [0.29, 0.717) is 19.0 Å². The Labute approximate surface area is 149 Å². The number of rotatable bonds is 6. The van der Waals surface area contributed by atoms with Gasteiger partial charge in [-0.05, 0) is 51.3 Å². The third-order valence-electron chi connectivity index (χ3n) is 3.29. The minimum absolute atomic E-state index is 0.486. The van der Waals surface area contributed by atoms with Crippen molar-refractivity contribution in [2.45, 2.75) is 13.2 Å². The molecule has 0 aliphatic carbocycles. The average molecular weight is 382 g/mol. The van der Waals surface area contributed by atoms with Gasteiger partial charge in [-0.2, -0.15) is 5.11 Å². The molecule has 0 N–H and O–H groups in total. The molecule has 0 aliphatic rings. The van der Waals surface area contributed by atoms with Crippen molar-refractivity contribution in [2.24, 2.45) is 10.2 Å². The van der Waals surface area contributed by atoms with Gasteiger partial charge in [0.25, 0.3) is 0 Å². The molecule has 2 aromatic carbocycles. The molecule has 0 saturated heterocycles. The summed E-state index contributed by atoms with van der Waals surface area (Å²) in [4.78, 5) is 4.16. The van der Waals surface area contributed by atoms with Crippen LogP contribution in [-0.4, -0.2) is 4.98 Å². The summed E-state index contributed by atoms with van der Waals surface area (Å²) in [5, 5.41) is 8.31. The molecule has 0 spiro atoms. The van der Waals surface area contributed by atoms with Crippen LogP contribution in [0.3, 0.4) is 0 Å². The van der Waals surface area contributed by atoms with Crippen LogP contribution in [0, 0.1) is 0 Å². The molecule has 3 rings (SSSR count). The summed E-state index contributed by atoms with van der Waals surface area (Å²) in [6.07, 6.45) is 1.70. The Balaban J connectivity index is 1.57. The molecule has 4 nitrogen and oxygen atoms in total. The van der Waals surface area contributed by atoms with Gasteiger partial charge in [0.05, 0.1) is 6.54 Å². The second-order valence-corrected chi connectivity index (χ2v) is 6.07. The van der Waals surface area contributed by atoms with Gasteiger partial charge in [-0.3, -0.25) is 0 Å². The first-order chi connectivity index (χ1) is 11.8. The minimum Gasteiger partial charge on any atom is -0.489 e. The normalized spacial score (nSPS) is 10.9. The molecular formula is C19H16BrN3O. The van der Waals surface area contributed by atoms with E-state index in [0.717, 1.165) is 21.3 Å². The fraction of sp³-hybridized carbons (Fsp3) is 0.105. The van der Waals surface area contributed by atoms with E-state index in [-0.39, 0.29) is 0 Å². The van der Waals surface area contributed by atoms with Crippen LogP contribution in [-0.2, 0) is 13.2 Å². The summed E-state index contributed by atoms with van der Waals surface area (Å²) in [5.74, 6) is 1.42. The van der Waals surface area contributed by atoms with Crippen molar-refractivity contribution in [1.82, 2.24) is 4.98 Å². The second-order valence-electron chi connectivity index (χ2n) is 5.16. The third kappa shape index (κ3) is 4.99. The zero-order valence-electron chi connectivity index (χ0n) is 13.0. The second kappa shape index (κ2) is 8.36. The molecule has 5 heteroatoms. The highest BCUT2D eigenvalue weighted by Crippen LogP contribution is 2.17. The first-order valence-corrected chi connectivity index (χ1v) is 8.33. The van der Waals surface area contributed by atoms with Crippen LogP contribution in [0.4, 0.5) is 5.82 Å². The van der Waals surface area contributed by atoms with E-state index in [9.17, 15) is 0 Å². The van der Waals surface area contributed by atoms with Crippen LogP contribution in [0.15, 0.2) is 87.6 Å². The topological polar surface area (TPSA) is 46.8 Å². The van der Waals surface area contributed by atoms with Gasteiger partial charge in [-0.15, -0.1) is 5.11 Å². The molecule has 3 aromatic rings. The lowest BCUT2D eigenvalue weighted by Gasteiger charge is -2.07. The Hall–Kier alpha value is -2.53. The van der Waals surface area contributed by atoms with Crippen molar-refractivity contribution >= 4 is 21.7 Å². The molecule has 0 unspecified atom stereocenters. The van der Waals surface area contributed by atoms with Crippen molar-refractivity contribution in [3.05, 3.63) is 88.5 Å². The minimum atomic E-state index is 0.486. The highest BCUT2D eigenvalue weighted by Gasteiger charge is 1.98. The van der Waals surface area contributed by atoms with E-state index in [1.54, 1.807) is 6.20 Å². The Bertz CT molecular complexity index is 804. The Kier molecular flexibility index (Phi) is 5.69. The lowest BCUT2D eigenvalue weighted by Crippen LogP contribution is -1.95. The van der Waals surface area contributed by atoms with E-state index >= 15 is 0 Å². The van der Waals surface area contributed by atoms with E-state index < -0.39 is 0 Å². The van der Waals surface area contributed by atoms with Gasteiger partial charge >= 0.3 is 0 Å². The number of pyridine rings is 1. The number of aromatic nitrogens is 1. The number of azo groups is 1. The molecule has 0 aliphatic heterocycles. The van der Waals surface area contributed by atoms with Crippen molar-refractivity contribution in [3.8, 4) is 5.75 Å². The molecule has 0 fully saturated rings. The van der Waals surface area contributed by atoms with Crippen molar-refractivity contribution < 1.29 is 4.74 Å². The fourth-order valence-electron chi connectivity index (χ4n) is 2.09. The number of ether oxygens (including phenoxy) is 1. The standard InChI is InChI=1S/C19H16BrN3O/c20-17-9-10-19(21-13-17)23-22-12-16-7-4-8-18(11-16)24-14-15-5-2-1-3-6-15/h1-11,13H,12,14H2. The molecule has 0 bridgehead atoms. The number of hydrogen-bond acceptors (Lipinski definition) is 4. The van der Waals surface area contributed by atoms with E-state index in [2.05, 4.69) is 31.1 Å². The van der Waals surface area contributed by atoms with Crippen LogP contribution in [0.1, 0.15) is 11.1 Å². The first-order valence-electron chi connectivity index (χ1n) is 7.54. The summed E-state index contributed by atoms with van der Waals surface area (Å²) in [6, 6.07) is 21.7. The molecule has 1 aromatic heterocycles. The smallest absolute Gasteiger partial charge is 0.173 e. The zero-order valence-corrected chi connectivity index (χ0v) is 14.6. The predicted octanol–water partition coefficient (Wildman–Crippen LogP) is 5.71. The van der Waals surface area contributed by atoms with Crippen LogP contribution in [0.5, 0.6) is 5.75 Å². The SMILES string of the molecule is Brc1ccc(N=NCc2cccc(OCc3ccccc3)c2)nc1. The van der Waals surface area contributed by atoms with E-state index in [1.807, 2.05) is 66.7 Å². The van der Waals surface area contributed by atoms with Crippen LogP contribution in [0.25, 0.3) is 0 Å². The summed E-state index contributed by atoms with van der Waals surface area (Å²) in [5.41, 5.74) is 2.19. The van der Waals surface area contributed by atoms with Crippen molar-refractivity contribution in [3.63, 3.8) is 0 Å². The van der Waals surface area contributed by atoms with Gasteiger partial charge in [-0.25, -0.2) is 4.98 Å².